The van der Waals surface area contributed by atoms with Gasteiger partial charge in [0.15, 0.2) is 0 Å². The first kappa shape index (κ1) is 13.4. The number of rotatable bonds is 6. The van der Waals surface area contributed by atoms with E-state index < -0.39 is 0 Å². The minimum Gasteiger partial charge on any atom is -0.388 e. The van der Waals surface area contributed by atoms with Gasteiger partial charge in [0.25, 0.3) is 0 Å². The maximum Gasteiger partial charge on any atom is 0.0807 e. The number of aliphatic hydroxyl groups is 1. The Hall–Kier alpha value is -1.02. The zero-order valence-corrected chi connectivity index (χ0v) is 11.6. The van der Waals surface area contributed by atoms with Crippen molar-refractivity contribution in [1.29, 1.82) is 0 Å². The highest BCUT2D eigenvalue weighted by atomic mass is 16.3. The van der Waals surface area contributed by atoms with Crippen LogP contribution >= 0.6 is 0 Å². The molecule has 0 aliphatic heterocycles. The molecular weight excluding hydrogens is 222 g/mol. The van der Waals surface area contributed by atoms with E-state index in [0.717, 1.165) is 31.0 Å². The van der Waals surface area contributed by atoms with Crippen molar-refractivity contribution in [3.8, 4) is 0 Å². The van der Waals surface area contributed by atoms with E-state index in [4.69, 9.17) is 0 Å². The molecule has 1 aliphatic carbocycles. The van der Waals surface area contributed by atoms with Gasteiger partial charge in [0.1, 0.15) is 0 Å². The van der Waals surface area contributed by atoms with Crippen molar-refractivity contribution in [2.24, 2.45) is 5.92 Å². The van der Waals surface area contributed by atoms with E-state index in [1.807, 2.05) is 13.0 Å². The lowest BCUT2D eigenvalue weighted by molar-refractivity contribution is 0.174. The Morgan fingerprint density at radius 2 is 2.00 bits per heavy atom. The Labute approximate surface area is 111 Å². The monoisotopic (exact) mass is 247 g/mol. The van der Waals surface area contributed by atoms with Gasteiger partial charge in [-0.15, -0.1) is 0 Å². The highest BCUT2D eigenvalue weighted by Gasteiger charge is 2.22. The third-order valence-corrected chi connectivity index (χ3v) is 4.11. The van der Waals surface area contributed by atoms with Gasteiger partial charge in [-0.25, -0.2) is 0 Å². The summed E-state index contributed by atoms with van der Waals surface area (Å²) in [5.41, 5.74) is 2.31. The summed E-state index contributed by atoms with van der Waals surface area (Å²) in [4.78, 5) is 2.43. The Morgan fingerprint density at radius 3 is 2.56 bits per heavy atom. The average Bonchev–Trinajstić information content (AvgIpc) is 2.37. The summed E-state index contributed by atoms with van der Waals surface area (Å²) in [5.74, 6) is 0.858. The van der Waals surface area contributed by atoms with E-state index >= 15 is 0 Å². The number of aliphatic hydroxyl groups excluding tert-OH is 1. The van der Waals surface area contributed by atoms with Crippen LogP contribution in [0.5, 0.6) is 0 Å². The predicted molar refractivity (Wildman–Crippen MR) is 76.9 cm³/mol. The summed E-state index contributed by atoms with van der Waals surface area (Å²) in [5, 5.41) is 10.1. The summed E-state index contributed by atoms with van der Waals surface area (Å²) < 4.78 is 0. The van der Waals surface area contributed by atoms with Crippen LogP contribution in [0.1, 0.15) is 51.2 Å². The second-order valence-electron chi connectivity index (χ2n) is 5.32. The van der Waals surface area contributed by atoms with Crippen molar-refractivity contribution in [3.05, 3.63) is 29.8 Å². The van der Waals surface area contributed by atoms with Crippen LogP contribution in [-0.2, 0) is 0 Å². The third kappa shape index (κ3) is 2.86. The summed E-state index contributed by atoms with van der Waals surface area (Å²) >= 11 is 0. The molecule has 1 atom stereocenters. The second-order valence-corrected chi connectivity index (χ2v) is 5.32. The number of anilines is 1. The van der Waals surface area contributed by atoms with Crippen LogP contribution in [0.2, 0.25) is 0 Å². The van der Waals surface area contributed by atoms with Crippen LogP contribution in [0.15, 0.2) is 24.3 Å². The fraction of sp³-hybridized carbons (Fsp3) is 0.625. The first-order valence-electron chi connectivity index (χ1n) is 7.28. The average molecular weight is 247 g/mol. The smallest absolute Gasteiger partial charge is 0.0807 e. The minimum atomic E-state index is -0.336. The molecule has 0 spiro atoms. The lowest BCUT2D eigenvalue weighted by atomic mass is 9.85. The molecule has 18 heavy (non-hydrogen) atoms. The summed E-state index contributed by atoms with van der Waals surface area (Å²) in [7, 11) is 0. The van der Waals surface area contributed by atoms with Crippen LogP contribution in [-0.4, -0.2) is 18.2 Å². The van der Waals surface area contributed by atoms with Gasteiger partial charge in [0, 0.05) is 24.3 Å². The molecule has 1 aromatic carbocycles. The molecule has 0 unspecified atom stereocenters. The molecule has 2 nitrogen and oxygen atoms in total. The van der Waals surface area contributed by atoms with Crippen molar-refractivity contribution in [2.75, 3.05) is 18.0 Å². The van der Waals surface area contributed by atoms with Gasteiger partial charge in [-0.05, 0) is 38.2 Å². The van der Waals surface area contributed by atoms with Gasteiger partial charge < -0.3 is 10.0 Å². The zero-order valence-electron chi connectivity index (χ0n) is 11.6. The number of nitrogens with zero attached hydrogens (tertiary/aromatic N) is 1. The number of para-hydroxylation sites is 1. The van der Waals surface area contributed by atoms with Crippen LogP contribution in [0.3, 0.4) is 0 Å². The Balaban J connectivity index is 2.17. The highest BCUT2D eigenvalue weighted by molar-refractivity contribution is 5.54. The van der Waals surface area contributed by atoms with E-state index in [2.05, 4.69) is 30.0 Å². The second kappa shape index (κ2) is 6.24. The molecular formula is C16H25NO. The molecule has 1 fully saturated rings. The van der Waals surface area contributed by atoms with Crippen molar-refractivity contribution < 1.29 is 5.11 Å². The quantitative estimate of drug-likeness (QED) is 0.827. The summed E-state index contributed by atoms with van der Waals surface area (Å²) in [6.07, 6.45) is 4.57. The van der Waals surface area contributed by atoms with Gasteiger partial charge in [0.05, 0.1) is 6.10 Å². The predicted octanol–water partition coefficient (Wildman–Crippen LogP) is 3.76. The number of hydrogen-bond donors (Lipinski definition) is 1. The van der Waals surface area contributed by atoms with E-state index in [-0.39, 0.29) is 6.10 Å². The van der Waals surface area contributed by atoms with Gasteiger partial charge in [-0.2, -0.15) is 0 Å². The Morgan fingerprint density at radius 1 is 1.28 bits per heavy atom. The molecule has 0 radical (unpaired) electrons. The van der Waals surface area contributed by atoms with Crippen molar-refractivity contribution in [3.63, 3.8) is 0 Å². The number of benzene rings is 1. The lowest BCUT2D eigenvalue weighted by Gasteiger charge is -2.34. The molecule has 1 aromatic rings. The molecule has 1 N–H and O–H groups in total. The van der Waals surface area contributed by atoms with Crippen molar-refractivity contribution in [2.45, 2.75) is 45.6 Å². The molecule has 100 valence electrons. The minimum absolute atomic E-state index is 0.336. The van der Waals surface area contributed by atoms with Crippen molar-refractivity contribution in [1.82, 2.24) is 0 Å². The van der Waals surface area contributed by atoms with E-state index in [0.29, 0.717) is 0 Å². The molecule has 0 aromatic heterocycles. The standard InChI is InChI=1S/C16H25NO/c1-3-16(18)14-10-5-6-11-15(14)17(4-2)12-13-8-7-9-13/h5-6,10-11,13,16,18H,3-4,7-9,12H2,1-2H3/t16-/m1/s1. The van der Waals surface area contributed by atoms with Crippen LogP contribution in [0, 0.1) is 5.92 Å². The third-order valence-electron chi connectivity index (χ3n) is 4.11. The molecule has 0 amide bonds. The highest BCUT2D eigenvalue weighted by Crippen LogP contribution is 2.32. The normalized spacial score (nSPS) is 17.3. The molecule has 1 saturated carbocycles. The first-order valence-corrected chi connectivity index (χ1v) is 7.28. The van der Waals surface area contributed by atoms with E-state index in [9.17, 15) is 5.11 Å². The van der Waals surface area contributed by atoms with Crippen LogP contribution in [0.4, 0.5) is 5.69 Å². The molecule has 0 bridgehead atoms. The fourth-order valence-electron chi connectivity index (χ4n) is 2.66. The summed E-state index contributed by atoms with van der Waals surface area (Å²) in [6.45, 7) is 6.39. The van der Waals surface area contributed by atoms with Crippen LogP contribution < -0.4 is 4.90 Å². The van der Waals surface area contributed by atoms with Crippen molar-refractivity contribution >= 4 is 5.69 Å². The maximum absolute atomic E-state index is 10.1. The lowest BCUT2D eigenvalue weighted by Crippen LogP contribution is -2.33. The van der Waals surface area contributed by atoms with Crippen LogP contribution in [0.25, 0.3) is 0 Å². The van der Waals surface area contributed by atoms with Gasteiger partial charge in [-0.1, -0.05) is 31.5 Å². The molecule has 2 heteroatoms. The van der Waals surface area contributed by atoms with Gasteiger partial charge in [-0.3, -0.25) is 0 Å². The molecule has 0 saturated heterocycles. The van der Waals surface area contributed by atoms with Gasteiger partial charge >= 0.3 is 0 Å². The Bertz CT molecular complexity index is 373. The summed E-state index contributed by atoms with van der Waals surface area (Å²) in [6, 6.07) is 8.31. The molecule has 0 heterocycles. The zero-order chi connectivity index (χ0) is 13.0. The SMILES string of the molecule is CC[C@@H](O)c1ccccc1N(CC)CC1CCC1. The van der Waals surface area contributed by atoms with Gasteiger partial charge in [0.2, 0.25) is 0 Å². The number of hydrogen-bond acceptors (Lipinski definition) is 2. The first-order chi connectivity index (χ1) is 8.76. The fourth-order valence-corrected chi connectivity index (χ4v) is 2.66. The topological polar surface area (TPSA) is 23.5 Å². The van der Waals surface area contributed by atoms with E-state index in [1.165, 1.54) is 24.9 Å². The molecule has 2 rings (SSSR count). The molecule has 1 aliphatic rings. The van der Waals surface area contributed by atoms with E-state index in [1.54, 1.807) is 0 Å². The largest absolute Gasteiger partial charge is 0.388 e. The Kier molecular flexibility index (Phi) is 4.65. The maximum atomic E-state index is 10.1.